The number of fused-ring (bicyclic) bond motifs is 1. The van der Waals surface area contributed by atoms with Gasteiger partial charge in [0.2, 0.25) is 0 Å². The number of aliphatic hydroxyl groups excluding tert-OH is 1. The fourth-order valence-electron chi connectivity index (χ4n) is 3.34. The molecule has 1 aliphatic rings. The molecule has 3 rings (SSSR count). The largest absolute Gasteiger partial charge is 0.389 e. The Bertz CT molecular complexity index is 731. The second kappa shape index (κ2) is 8.41. The highest BCUT2D eigenvalue weighted by atomic mass is 16.5. The van der Waals surface area contributed by atoms with Crippen LogP contribution in [0.3, 0.4) is 0 Å². The van der Waals surface area contributed by atoms with Gasteiger partial charge in [0.25, 0.3) is 0 Å². The summed E-state index contributed by atoms with van der Waals surface area (Å²) in [4.78, 5) is 6.67. The highest BCUT2D eigenvalue weighted by Crippen LogP contribution is 2.13. The lowest BCUT2D eigenvalue weighted by Gasteiger charge is -2.33. The summed E-state index contributed by atoms with van der Waals surface area (Å²) in [6, 6.07) is 6.28. The minimum atomic E-state index is -0.415. The molecule has 134 valence electrons. The van der Waals surface area contributed by atoms with Crippen LogP contribution in [0.15, 0.2) is 24.5 Å². The van der Waals surface area contributed by atoms with E-state index in [0.717, 1.165) is 43.8 Å². The van der Waals surface area contributed by atoms with Crippen molar-refractivity contribution in [3.63, 3.8) is 0 Å². The first-order valence-electron chi connectivity index (χ1n) is 8.68. The van der Waals surface area contributed by atoms with Gasteiger partial charge in [-0.05, 0) is 38.1 Å². The summed E-state index contributed by atoms with van der Waals surface area (Å²) in [5.74, 6) is 0. The first-order valence-corrected chi connectivity index (χ1v) is 8.68. The molecule has 0 aliphatic carbocycles. The zero-order chi connectivity index (χ0) is 17.6. The van der Waals surface area contributed by atoms with Gasteiger partial charge in [-0.3, -0.25) is 0 Å². The average Bonchev–Trinajstić information content (AvgIpc) is 3.03. The number of nitrogens with one attached hydrogen (secondary N) is 1. The number of hydrogen-bond donors (Lipinski definition) is 2. The third-order valence-corrected chi connectivity index (χ3v) is 4.70. The predicted octanol–water partition coefficient (Wildman–Crippen LogP) is 0.767. The summed E-state index contributed by atoms with van der Waals surface area (Å²) in [6.45, 7) is 3.74. The lowest BCUT2D eigenvalue weighted by Crippen LogP contribution is -2.45. The Morgan fingerprint density at radius 1 is 1.44 bits per heavy atom. The summed E-state index contributed by atoms with van der Waals surface area (Å²) in [5.41, 5.74) is 2.55. The molecule has 7 nitrogen and oxygen atoms in total. The smallest absolute Gasteiger partial charge is 0.137 e. The van der Waals surface area contributed by atoms with Crippen molar-refractivity contribution in [2.24, 2.45) is 0 Å². The summed E-state index contributed by atoms with van der Waals surface area (Å²) in [5, 5.41) is 22.5. The molecule has 0 bridgehead atoms. The van der Waals surface area contributed by atoms with E-state index in [0.29, 0.717) is 24.8 Å². The maximum atomic E-state index is 9.82. The van der Waals surface area contributed by atoms with Gasteiger partial charge in [-0.15, -0.1) is 0 Å². The summed E-state index contributed by atoms with van der Waals surface area (Å²) in [7, 11) is 1.61. The van der Waals surface area contributed by atoms with Gasteiger partial charge in [0.15, 0.2) is 0 Å². The predicted molar refractivity (Wildman–Crippen MR) is 94.1 cm³/mol. The standard InChI is InChI=1S/C18H25N5O2/c1-25-13-17(24)12-22-6-4-15(5-7-22)20-9-16-10-21-18-3-2-14(8-19)11-23(16)18/h2-3,10-11,15,17,20,24H,4-7,9,12-13H2,1H3. The summed E-state index contributed by atoms with van der Waals surface area (Å²) >= 11 is 0. The molecule has 0 spiro atoms. The Labute approximate surface area is 147 Å². The number of pyridine rings is 1. The quantitative estimate of drug-likeness (QED) is 0.772. The number of likely N-dealkylation sites (tertiary alicyclic amines) is 1. The highest BCUT2D eigenvalue weighted by Gasteiger charge is 2.21. The SMILES string of the molecule is COCC(O)CN1CCC(NCc2cnc3ccc(C#N)cn23)CC1. The van der Waals surface area contributed by atoms with Crippen LogP contribution in [0.25, 0.3) is 5.65 Å². The van der Waals surface area contributed by atoms with E-state index in [1.807, 2.05) is 22.9 Å². The van der Waals surface area contributed by atoms with Crippen molar-refractivity contribution in [3.05, 3.63) is 35.8 Å². The normalized spacial score (nSPS) is 17.6. The van der Waals surface area contributed by atoms with Crippen LogP contribution >= 0.6 is 0 Å². The molecule has 2 N–H and O–H groups in total. The number of nitrogens with zero attached hydrogens (tertiary/aromatic N) is 4. The number of aliphatic hydroxyl groups is 1. The topological polar surface area (TPSA) is 85.8 Å². The van der Waals surface area contributed by atoms with E-state index < -0.39 is 6.10 Å². The van der Waals surface area contributed by atoms with Gasteiger partial charge in [-0.25, -0.2) is 4.98 Å². The van der Waals surface area contributed by atoms with Gasteiger partial charge in [-0.1, -0.05) is 0 Å². The van der Waals surface area contributed by atoms with Crippen molar-refractivity contribution in [3.8, 4) is 6.07 Å². The van der Waals surface area contributed by atoms with Crippen LogP contribution in [0.2, 0.25) is 0 Å². The second-order valence-corrected chi connectivity index (χ2v) is 6.57. The Balaban J connectivity index is 1.50. The fourth-order valence-corrected chi connectivity index (χ4v) is 3.34. The molecule has 2 aromatic rings. The molecule has 0 amide bonds. The van der Waals surface area contributed by atoms with E-state index in [9.17, 15) is 5.11 Å². The molecule has 0 saturated carbocycles. The average molecular weight is 343 g/mol. The molecule has 3 heterocycles. The van der Waals surface area contributed by atoms with Crippen molar-refractivity contribution < 1.29 is 9.84 Å². The van der Waals surface area contributed by atoms with Crippen LogP contribution < -0.4 is 5.32 Å². The number of nitriles is 1. The fraction of sp³-hybridized carbons (Fsp3) is 0.556. The van der Waals surface area contributed by atoms with Gasteiger partial charge in [0.05, 0.1) is 30.2 Å². The Kier molecular flexibility index (Phi) is 6.00. The number of β-amino-alcohol motifs (C(OH)–C–C–N with tert-alkyl or cyclic N) is 1. The highest BCUT2D eigenvalue weighted by molar-refractivity contribution is 5.44. The van der Waals surface area contributed by atoms with Crippen LogP contribution in [0.5, 0.6) is 0 Å². The molecule has 1 aliphatic heterocycles. The van der Waals surface area contributed by atoms with Crippen molar-refractivity contribution >= 4 is 5.65 Å². The molecule has 25 heavy (non-hydrogen) atoms. The second-order valence-electron chi connectivity index (χ2n) is 6.57. The van der Waals surface area contributed by atoms with E-state index in [4.69, 9.17) is 10.00 Å². The number of ether oxygens (including phenoxy) is 1. The zero-order valence-corrected chi connectivity index (χ0v) is 14.6. The van der Waals surface area contributed by atoms with E-state index >= 15 is 0 Å². The first-order chi connectivity index (χ1) is 12.2. The monoisotopic (exact) mass is 343 g/mol. The van der Waals surface area contributed by atoms with Gasteiger partial charge in [0, 0.05) is 32.4 Å². The van der Waals surface area contributed by atoms with E-state index in [1.54, 1.807) is 13.2 Å². The Hall–Kier alpha value is -1.98. The van der Waals surface area contributed by atoms with Crippen LogP contribution in [0.1, 0.15) is 24.1 Å². The molecule has 0 aromatic carbocycles. The number of hydrogen-bond acceptors (Lipinski definition) is 6. The summed E-state index contributed by atoms with van der Waals surface area (Å²) in [6.07, 6.45) is 5.39. The molecular formula is C18H25N5O2. The lowest BCUT2D eigenvalue weighted by atomic mass is 10.0. The molecule has 1 saturated heterocycles. The maximum Gasteiger partial charge on any atom is 0.137 e. The Morgan fingerprint density at radius 3 is 2.96 bits per heavy atom. The van der Waals surface area contributed by atoms with E-state index in [2.05, 4.69) is 21.3 Å². The third-order valence-electron chi connectivity index (χ3n) is 4.70. The molecule has 7 heteroatoms. The van der Waals surface area contributed by atoms with Crippen molar-refractivity contribution in [2.75, 3.05) is 33.4 Å². The summed E-state index contributed by atoms with van der Waals surface area (Å²) < 4.78 is 6.95. The molecule has 0 radical (unpaired) electrons. The zero-order valence-electron chi connectivity index (χ0n) is 14.6. The molecule has 2 aromatic heterocycles. The minimum absolute atomic E-state index is 0.386. The number of piperidine rings is 1. The van der Waals surface area contributed by atoms with E-state index in [-0.39, 0.29) is 0 Å². The molecule has 1 unspecified atom stereocenters. The van der Waals surface area contributed by atoms with Gasteiger partial charge in [-0.2, -0.15) is 5.26 Å². The number of methoxy groups -OCH3 is 1. The van der Waals surface area contributed by atoms with Crippen LogP contribution in [-0.4, -0.2) is 64.9 Å². The van der Waals surface area contributed by atoms with Crippen LogP contribution in [-0.2, 0) is 11.3 Å². The third kappa shape index (κ3) is 4.55. The molecular weight excluding hydrogens is 318 g/mol. The minimum Gasteiger partial charge on any atom is -0.389 e. The van der Waals surface area contributed by atoms with Crippen molar-refractivity contribution in [2.45, 2.75) is 31.5 Å². The van der Waals surface area contributed by atoms with Crippen LogP contribution in [0.4, 0.5) is 0 Å². The van der Waals surface area contributed by atoms with Gasteiger partial charge >= 0.3 is 0 Å². The molecule has 1 fully saturated rings. The van der Waals surface area contributed by atoms with Crippen LogP contribution in [0, 0.1) is 11.3 Å². The first kappa shape index (κ1) is 17.8. The maximum absolute atomic E-state index is 9.82. The van der Waals surface area contributed by atoms with Gasteiger partial charge < -0.3 is 24.5 Å². The number of aromatic nitrogens is 2. The Morgan fingerprint density at radius 2 is 2.24 bits per heavy atom. The number of imidazole rings is 1. The van der Waals surface area contributed by atoms with Gasteiger partial charge in [0.1, 0.15) is 11.7 Å². The number of rotatable bonds is 7. The van der Waals surface area contributed by atoms with E-state index in [1.165, 1.54) is 0 Å². The van der Waals surface area contributed by atoms with Crippen molar-refractivity contribution in [1.82, 2.24) is 19.6 Å². The lowest BCUT2D eigenvalue weighted by molar-refractivity contribution is 0.0310. The molecule has 1 atom stereocenters. The van der Waals surface area contributed by atoms with Crippen molar-refractivity contribution in [1.29, 1.82) is 5.26 Å².